The molecule has 0 radical (unpaired) electrons. The second kappa shape index (κ2) is 8.82. The number of benzene rings is 1. The predicted molar refractivity (Wildman–Crippen MR) is 103 cm³/mol. The quantitative estimate of drug-likeness (QED) is 0.739. The summed E-state index contributed by atoms with van der Waals surface area (Å²) >= 11 is 0. The summed E-state index contributed by atoms with van der Waals surface area (Å²) < 4.78 is 7.90. The zero-order valence-corrected chi connectivity index (χ0v) is 15.4. The van der Waals surface area contributed by atoms with Crippen molar-refractivity contribution in [2.45, 2.75) is 32.7 Å². The van der Waals surface area contributed by atoms with Gasteiger partial charge in [-0.15, -0.1) is 0 Å². The van der Waals surface area contributed by atoms with Gasteiger partial charge in [-0.3, -0.25) is 4.90 Å². The third-order valence-electron chi connectivity index (χ3n) is 4.70. The molecule has 0 amide bonds. The van der Waals surface area contributed by atoms with Crippen LogP contribution in [0.25, 0.3) is 12.2 Å². The fourth-order valence-corrected chi connectivity index (χ4v) is 3.30. The van der Waals surface area contributed by atoms with Gasteiger partial charge in [0.15, 0.2) is 12.4 Å². The topological polar surface area (TPSA) is 16.4 Å². The lowest BCUT2D eigenvalue weighted by Crippen LogP contribution is -2.29. The summed E-state index contributed by atoms with van der Waals surface area (Å²) in [6.45, 7) is 6.15. The standard InChI is InChI=1S/C22H29N2O/c1-3-25-22-10-9-20(8-7-19-11-15-23(2)16-12-19)17-21(22)18-24-13-5-4-6-14-24/h7-12,15-17H,3-6,13-14,18H2,1-2H3/q+1/b8-7+. The molecule has 1 aliphatic heterocycles. The highest BCUT2D eigenvalue weighted by Gasteiger charge is 2.13. The molecule has 1 aromatic heterocycles. The first kappa shape index (κ1) is 17.7. The summed E-state index contributed by atoms with van der Waals surface area (Å²) in [6, 6.07) is 10.8. The number of piperidine rings is 1. The Morgan fingerprint density at radius 3 is 2.44 bits per heavy atom. The highest BCUT2D eigenvalue weighted by atomic mass is 16.5. The molecule has 1 aromatic carbocycles. The Morgan fingerprint density at radius 2 is 1.72 bits per heavy atom. The van der Waals surface area contributed by atoms with Gasteiger partial charge in [-0.1, -0.05) is 24.6 Å². The monoisotopic (exact) mass is 337 g/mol. The van der Waals surface area contributed by atoms with Crippen molar-refractivity contribution in [1.29, 1.82) is 0 Å². The van der Waals surface area contributed by atoms with E-state index in [1.165, 1.54) is 49.0 Å². The van der Waals surface area contributed by atoms with Crippen molar-refractivity contribution in [2.75, 3.05) is 19.7 Å². The lowest BCUT2D eigenvalue weighted by atomic mass is 10.1. The summed E-state index contributed by atoms with van der Waals surface area (Å²) in [5.41, 5.74) is 3.73. The van der Waals surface area contributed by atoms with Gasteiger partial charge in [-0.2, -0.15) is 0 Å². The molecule has 1 aliphatic rings. The van der Waals surface area contributed by atoms with Crippen LogP contribution < -0.4 is 9.30 Å². The first-order valence-electron chi connectivity index (χ1n) is 9.36. The maximum absolute atomic E-state index is 5.86. The minimum absolute atomic E-state index is 0.712. The zero-order valence-electron chi connectivity index (χ0n) is 15.4. The molecule has 0 aliphatic carbocycles. The summed E-state index contributed by atoms with van der Waals surface area (Å²) in [4.78, 5) is 2.55. The number of aryl methyl sites for hydroxylation is 1. The van der Waals surface area contributed by atoms with Gasteiger partial charge in [0, 0.05) is 24.2 Å². The van der Waals surface area contributed by atoms with E-state index in [1.54, 1.807) is 0 Å². The van der Waals surface area contributed by atoms with Crippen LogP contribution in [0.5, 0.6) is 5.75 Å². The Bertz CT molecular complexity index is 700. The SMILES string of the molecule is CCOc1ccc(/C=C/c2cc[n+](C)cc2)cc1CN1CCCCC1. The number of hydrogen-bond acceptors (Lipinski definition) is 2. The van der Waals surface area contributed by atoms with Crippen LogP contribution >= 0.6 is 0 Å². The Morgan fingerprint density at radius 1 is 1.00 bits per heavy atom. The van der Waals surface area contributed by atoms with Crippen LogP contribution in [0.3, 0.4) is 0 Å². The van der Waals surface area contributed by atoms with E-state index >= 15 is 0 Å². The molecule has 132 valence electrons. The minimum atomic E-state index is 0.712. The average Bonchev–Trinajstić information content (AvgIpc) is 2.64. The number of rotatable bonds is 6. The van der Waals surface area contributed by atoms with Crippen LogP contribution in [0.4, 0.5) is 0 Å². The van der Waals surface area contributed by atoms with Crippen LogP contribution in [0.2, 0.25) is 0 Å². The number of ether oxygens (including phenoxy) is 1. The molecule has 2 aromatic rings. The van der Waals surface area contributed by atoms with Gasteiger partial charge in [0.05, 0.1) is 6.61 Å². The van der Waals surface area contributed by atoms with E-state index in [9.17, 15) is 0 Å². The molecule has 25 heavy (non-hydrogen) atoms. The Labute approximate surface area is 151 Å². The molecule has 0 atom stereocenters. The normalized spacial score (nSPS) is 15.6. The minimum Gasteiger partial charge on any atom is -0.494 e. The molecule has 0 bridgehead atoms. The molecular weight excluding hydrogens is 308 g/mol. The molecule has 3 nitrogen and oxygen atoms in total. The van der Waals surface area contributed by atoms with E-state index in [-0.39, 0.29) is 0 Å². The fraction of sp³-hybridized carbons (Fsp3) is 0.409. The summed E-state index contributed by atoms with van der Waals surface area (Å²) in [6.07, 6.45) is 12.5. The second-order valence-corrected chi connectivity index (χ2v) is 6.77. The molecule has 0 saturated carbocycles. The van der Waals surface area contributed by atoms with Crippen molar-refractivity contribution in [1.82, 2.24) is 4.90 Å². The van der Waals surface area contributed by atoms with E-state index < -0.39 is 0 Å². The molecule has 0 spiro atoms. The van der Waals surface area contributed by atoms with Gasteiger partial charge in [-0.25, -0.2) is 4.57 Å². The molecule has 1 fully saturated rings. The lowest BCUT2D eigenvalue weighted by Gasteiger charge is -2.27. The second-order valence-electron chi connectivity index (χ2n) is 6.77. The number of hydrogen-bond donors (Lipinski definition) is 0. The molecule has 2 heterocycles. The lowest BCUT2D eigenvalue weighted by molar-refractivity contribution is -0.671. The van der Waals surface area contributed by atoms with E-state index in [2.05, 4.69) is 59.8 Å². The van der Waals surface area contributed by atoms with E-state index in [0.29, 0.717) is 6.61 Å². The van der Waals surface area contributed by atoms with Gasteiger partial charge >= 0.3 is 0 Å². The van der Waals surface area contributed by atoms with Crippen LogP contribution in [-0.2, 0) is 13.6 Å². The van der Waals surface area contributed by atoms with E-state index in [4.69, 9.17) is 4.74 Å². The third-order valence-corrected chi connectivity index (χ3v) is 4.70. The van der Waals surface area contributed by atoms with Gasteiger partial charge in [0.1, 0.15) is 12.8 Å². The molecule has 0 N–H and O–H groups in total. The van der Waals surface area contributed by atoms with Gasteiger partial charge in [-0.05, 0) is 56.1 Å². The summed E-state index contributed by atoms with van der Waals surface area (Å²) in [5.74, 6) is 1.02. The maximum atomic E-state index is 5.86. The average molecular weight is 337 g/mol. The Balaban J connectivity index is 1.77. The van der Waals surface area contributed by atoms with E-state index in [1.807, 2.05) is 18.5 Å². The Kier molecular flexibility index (Phi) is 6.24. The van der Waals surface area contributed by atoms with Crippen molar-refractivity contribution < 1.29 is 9.30 Å². The van der Waals surface area contributed by atoms with Crippen molar-refractivity contribution in [3.63, 3.8) is 0 Å². The van der Waals surface area contributed by atoms with E-state index in [0.717, 1.165) is 12.3 Å². The Hall–Kier alpha value is -2.13. The van der Waals surface area contributed by atoms with Gasteiger partial charge in [0.2, 0.25) is 0 Å². The predicted octanol–water partition coefficient (Wildman–Crippen LogP) is 4.07. The highest BCUT2D eigenvalue weighted by Crippen LogP contribution is 2.24. The number of aromatic nitrogens is 1. The molecular formula is C22H29N2O+. The molecule has 0 unspecified atom stereocenters. The van der Waals surface area contributed by atoms with Crippen molar-refractivity contribution >= 4 is 12.2 Å². The first-order chi connectivity index (χ1) is 12.2. The summed E-state index contributed by atoms with van der Waals surface area (Å²) in [5, 5.41) is 0. The first-order valence-corrected chi connectivity index (χ1v) is 9.36. The number of nitrogens with zero attached hydrogens (tertiary/aromatic N) is 2. The zero-order chi connectivity index (χ0) is 17.5. The fourth-order valence-electron chi connectivity index (χ4n) is 3.30. The summed E-state index contributed by atoms with van der Waals surface area (Å²) in [7, 11) is 2.03. The van der Waals surface area contributed by atoms with Crippen molar-refractivity contribution in [3.8, 4) is 5.75 Å². The van der Waals surface area contributed by atoms with Crippen LogP contribution in [0.1, 0.15) is 42.9 Å². The third kappa shape index (κ3) is 5.17. The van der Waals surface area contributed by atoms with Crippen LogP contribution in [-0.4, -0.2) is 24.6 Å². The van der Waals surface area contributed by atoms with Gasteiger partial charge in [0.25, 0.3) is 0 Å². The van der Waals surface area contributed by atoms with Crippen LogP contribution in [0.15, 0.2) is 42.7 Å². The number of likely N-dealkylation sites (tertiary alicyclic amines) is 1. The maximum Gasteiger partial charge on any atom is 0.169 e. The van der Waals surface area contributed by atoms with Crippen molar-refractivity contribution in [3.05, 3.63) is 59.4 Å². The highest BCUT2D eigenvalue weighted by molar-refractivity contribution is 5.70. The molecule has 1 saturated heterocycles. The molecule has 3 heteroatoms. The number of pyridine rings is 1. The van der Waals surface area contributed by atoms with Crippen LogP contribution in [0, 0.1) is 0 Å². The smallest absolute Gasteiger partial charge is 0.169 e. The largest absolute Gasteiger partial charge is 0.494 e. The van der Waals surface area contributed by atoms with Crippen molar-refractivity contribution in [2.24, 2.45) is 7.05 Å². The van der Waals surface area contributed by atoms with Gasteiger partial charge < -0.3 is 4.74 Å². The molecule has 3 rings (SSSR count).